The molecule has 0 aliphatic carbocycles. The Balaban J connectivity index is 2.64. The van der Waals surface area contributed by atoms with E-state index in [4.69, 9.17) is 0 Å². The van der Waals surface area contributed by atoms with Crippen LogP contribution < -0.4 is 5.32 Å². The highest BCUT2D eigenvalue weighted by atomic mass is 32.1. The van der Waals surface area contributed by atoms with Crippen LogP contribution in [0.15, 0.2) is 5.38 Å². The Morgan fingerprint density at radius 1 is 1.35 bits per heavy atom. The van der Waals surface area contributed by atoms with Crippen molar-refractivity contribution < 1.29 is 0 Å². The Kier molecular flexibility index (Phi) is 5.14. The van der Waals surface area contributed by atoms with E-state index in [2.05, 4.69) is 57.2 Å². The molecular formula is C14H26N2S. The zero-order valence-electron chi connectivity index (χ0n) is 12.0. The fraction of sp³-hybridized carbons (Fsp3) is 0.786. The predicted octanol–water partition coefficient (Wildman–Crippen LogP) is 3.65. The number of hydrogen-bond acceptors (Lipinski definition) is 3. The molecule has 1 heterocycles. The van der Waals surface area contributed by atoms with Crippen molar-refractivity contribution in [3.63, 3.8) is 0 Å². The number of nitrogens with zero attached hydrogens (tertiary/aromatic N) is 1. The first-order valence-electron chi connectivity index (χ1n) is 6.43. The predicted molar refractivity (Wildman–Crippen MR) is 76.6 cm³/mol. The van der Waals surface area contributed by atoms with Gasteiger partial charge in [0.05, 0.1) is 10.7 Å². The fourth-order valence-corrected chi connectivity index (χ4v) is 2.44. The maximum absolute atomic E-state index is 4.58. The second kappa shape index (κ2) is 5.96. The highest BCUT2D eigenvalue weighted by Crippen LogP contribution is 2.29. The van der Waals surface area contributed by atoms with E-state index in [0.29, 0.717) is 17.4 Å². The van der Waals surface area contributed by atoms with Crippen LogP contribution in [-0.2, 0) is 6.42 Å². The highest BCUT2D eigenvalue weighted by Gasteiger charge is 2.25. The summed E-state index contributed by atoms with van der Waals surface area (Å²) in [4.78, 5) is 4.58. The number of thiazole rings is 1. The van der Waals surface area contributed by atoms with E-state index in [9.17, 15) is 0 Å². The molecule has 1 aromatic heterocycles. The molecule has 0 amide bonds. The molecule has 1 N–H and O–H groups in total. The summed E-state index contributed by atoms with van der Waals surface area (Å²) in [5.74, 6) is 0.631. The van der Waals surface area contributed by atoms with Crippen LogP contribution in [0.1, 0.15) is 45.3 Å². The molecule has 0 radical (unpaired) electrons. The average molecular weight is 254 g/mol. The van der Waals surface area contributed by atoms with Crippen molar-refractivity contribution in [1.82, 2.24) is 10.3 Å². The zero-order valence-corrected chi connectivity index (χ0v) is 12.8. The molecule has 0 fully saturated rings. The van der Waals surface area contributed by atoms with Gasteiger partial charge in [0.2, 0.25) is 0 Å². The van der Waals surface area contributed by atoms with Gasteiger partial charge in [0.1, 0.15) is 0 Å². The van der Waals surface area contributed by atoms with Gasteiger partial charge in [-0.25, -0.2) is 4.98 Å². The van der Waals surface area contributed by atoms with Gasteiger partial charge in [0, 0.05) is 11.4 Å². The molecule has 17 heavy (non-hydrogen) atoms. The largest absolute Gasteiger partial charge is 0.314 e. The minimum atomic E-state index is 0.319. The lowest BCUT2D eigenvalue weighted by Gasteiger charge is -2.31. The van der Waals surface area contributed by atoms with Gasteiger partial charge in [-0.15, -0.1) is 11.3 Å². The van der Waals surface area contributed by atoms with E-state index in [0.717, 1.165) is 13.0 Å². The molecule has 0 spiro atoms. The van der Waals surface area contributed by atoms with Gasteiger partial charge in [0.25, 0.3) is 0 Å². The molecule has 1 atom stereocenters. The van der Waals surface area contributed by atoms with Crippen molar-refractivity contribution in [3.05, 3.63) is 16.1 Å². The normalized spacial score (nSPS) is 14.3. The second-order valence-corrected chi connectivity index (χ2v) is 7.25. The topological polar surface area (TPSA) is 24.9 Å². The van der Waals surface area contributed by atoms with Gasteiger partial charge in [-0.05, 0) is 31.2 Å². The lowest BCUT2D eigenvalue weighted by atomic mass is 9.78. The Hall–Kier alpha value is -0.410. The number of aryl methyl sites for hydroxylation is 1. The molecule has 0 aliphatic heterocycles. The van der Waals surface area contributed by atoms with Crippen molar-refractivity contribution in [2.24, 2.45) is 11.3 Å². The summed E-state index contributed by atoms with van der Waals surface area (Å²) < 4.78 is 0. The Morgan fingerprint density at radius 2 is 2.00 bits per heavy atom. The third-order valence-corrected chi connectivity index (χ3v) is 3.94. The minimum absolute atomic E-state index is 0.319. The lowest BCUT2D eigenvalue weighted by molar-refractivity contribution is 0.225. The van der Waals surface area contributed by atoms with Crippen LogP contribution in [0.2, 0.25) is 0 Å². The SMILES string of the molecule is Cc1nc(CC(CNC(C)C)C(C)(C)C)cs1. The second-order valence-electron chi connectivity index (χ2n) is 6.19. The maximum Gasteiger partial charge on any atom is 0.0897 e. The molecule has 0 aromatic carbocycles. The fourth-order valence-electron chi connectivity index (χ4n) is 1.82. The molecule has 0 aliphatic rings. The first-order valence-corrected chi connectivity index (χ1v) is 7.31. The van der Waals surface area contributed by atoms with Crippen molar-refractivity contribution in [3.8, 4) is 0 Å². The van der Waals surface area contributed by atoms with E-state index in [1.807, 2.05) is 0 Å². The van der Waals surface area contributed by atoms with Crippen LogP contribution in [0.25, 0.3) is 0 Å². The maximum atomic E-state index is 4.58. The van der Waals surface area contributed by atoms with Gasteiger partial charge in [-0.1, -0.05) is 34.6 Å². The molecular weight excluding hydrogens is 228 g/mol. The molecule has 2 nitrogen and oxygen atoms in total. The monoisotopic (exact) mass is 254 g/mol. The Labute approximate surface area is 110 Å². The molecule has 0 saturated carbocycles. The van der Waals surface area contributed by atoms with Crippen LogP contribution in [0.4, 0.5) is 0 Å². The number of aromatic nitrogens is 1. The Bertz CT molecular complexity index is 336. The van der Waals surface area contributed by atoms with Crippen molar-refractivity contribution in [2.75, 3.05) is 6.54 Å². The highest BCUT2D eigenvalue weighted by molar-refractivity contribution is 7.09. The minimum Gasteiger partial charge on any atom is -0.314 e. The summed E-state index contributed by atoms with van der Waals surface area (Å²) in [5.41, 5.74) is 1.57. The van der Waals surface area contributed by atoms with Crippen LogP contribution in [0.5, 0.6) is 0 Å². The van der Waals surface area contributed by atoms with Gasteiger partial charge >= 0.3 is 0 Å². The zero-order chi connectivity index (χ0) is 13.1. The van der Waals surface area contributed by atoms with E-state index in [1.165, 1.54) is 10.7 Å². The van der Waals surface area contributed by atoms with Crippen molar-refractivity contribution in [2.45, 2.75) is 54.0 Å². The third-order valence-electron chi connectivity index (χ3n) is 3.12. The van der Waals surface area contributed by atoms with Gasteiger partial charge in [-0.2, -0.15) is 0 Å². The van der Waals surface area contributed by atoms with E-state index in [1.54, 1.807) is 11.3 Å². The quantitative estimate of drug-likeness (QED) is 0.867. The average Bonchev–Trinajstić information content (AvgIpc) is 2.56. The summed E-state index contributed by atoms with van der Waals surface area (Å²) in [6, 6.07) is 0.553. The van der Waals surface area contributed by atoms with Crippen molar-refractivity contribution >= 4 is 11.3 Å². The van der Waals surface area contributed by atoms with Gasteiger partial charge in [0.15, 0.2) is 0 Å². The molecule has 1 aromatic rings. The Morgan fingerprint density at radius 3 is 2.41 bits per heavy atom. The molecule has 1 unspecified atom stereocenters. The van der Waals surface area contributed by atoms with E-state index in [-0.39, 0.29) is 0 Å². The van der Waals surface area contributed by atoms with E-state index >= 15 is 0 Å². The molecule has 0 saturated heterocycles. The number of rotatable bonds is 5. The summed E-state index contributed by atoms with van der Waals surface area (Å²) in [6.07, 6.45) is 1.08. The standard InChI is InChI=1S/C14H26N2S/c1-10(2)15-8-12(14(4,5)6)7-13-9-17-11(3)16-13/h9-10,12,15H,7-8H2,1-6H3. The van der Waals surface area contributed by atoms with Crippen LogP contribution in [0, 0.1) is 18.3 Å². The van der Waals surface area contributed by atoms with Gasteiger partial charge in [-0.3, -0.25) is 0 Å². The van der Waals surface area contributed by atoms with Crippen LogP contribution in [0.3, 0.4) is 0 Å². The molecule has 98 valence electrons. The summed E-state index contributed by atoms with van der Waals surface area (Å²) in [6.45, 7) is 14.5. The third kappa shape index (κ3) is 5.17. The van der Waals surface area contributed by atoms with Gasteiger partial charge < -0.3 is 5.32 Å². The van der Waals surface area contributed by atoms with E-state index < -0.39 is 0 Å². The molecule has 1 rings (SSSR count). The number of nitrogens with one attached hydrogen (secondary N) is 1. The van der Waals surface area contributed by atoms with Crippen LogP contribution >= 0.6 is 11.3 Å². The summed E-state index contributed by atoms with van der Waals surface area (Å²) in [5, 5.41) is 6.92. The molecule has 0 bridgehead atoms. The van der Waals surface area contributed by atoms with Crippen molar-refractivity contribution in [1.29, 1.82) is 0 Å². The molecule has 3 heteroatoms. The summed E-state index contributed by atoms with van der Waals surface area (Å²) in [7, 11) is 0. The summed E-state index contributed by atoms with van der Waals surface area (Å²) >= 11 is 1.75. The first kappa shape index (κ1) is 14.7. The smallest absolute Gasteiger partial charge is 0.0897 e. The first-order chi connectivity index (χ1) is 7.79. The number of hydrogen-bond donors (Lipinski definition) is 1. The van der Waals surface area contributed by atoms with Crippen LogP contribution in [-0.4, -0.2) is 17.6 Å². The lowest BCUT2D eigenvalue weighted by Crippen LogP contribution is -2.36.